The summed E-state index contributed by atoms with van der Waals surface area (Å²) in [6, 6.07) is 0. The molecule has 0 saturated heterocycles. The van der Waals surface area contributed by atoms with E-state index in [1.54, 1.807) is 0 Å². The van der Waals surface area contributed by atoms with E-state index in [4.69, 9.17) is 0 Å². The van der Waals surface area contributed by atoms with Crippen LogP contribution in [0.5, 0.6) is 0 Å². The fourth-order valence-electron chi connectivity index (χ4n) is 0. The molecule has 0 bridgehead atoms. The van der Waals surface area contributed by atoms with Crippen molar-refractivity contribution in [2.45, 2.75) is 107 Å². The van der Waals surface area contributed by atoms with Gasteiger partial charge in [0, 0.05) is 18.6 Å². The zero-order valence-corrected chi connectivity index (χ0v) is 26.2. The smallest absolute Gasteiger partial charge is 0.854 e. The molecule has 0 saturated carbocycles. The molecule has 8 nitrogen and oxygen atoms in total. The second-order valence-electron chi connectivity index (χ2n) is 5.63. The Bertz CT molecular complexity index is 103. The quantitative estimate of drug-likeness (QED) is 0.301. The fourth-order valence-corrected chi connectivity index (χ4v) is 0. The minimum atomic E-state index is 0. The zero-order chi connectivity index (χ0) is 27.3. The molecule has 0 spiro atoms. The Balaban J connectivity index is -0.0000000240. The van der Waals surface area contributed by atoms with E-state index in [0.29, 0.717) is 0 Å². The first-order valence-corrected chi connectivity index (χ1v) is 12.0. The first kappa shape index (κ1) is 64.6. The molecule has 0 amide bonds. The van der Waals surface area contributed by atoms with Crippen molar-refractivity contribution in [2.75, 3.05) is 52.9 Å². The number of rotatable bonds is 8. The Kier molecular flexibility index (Phi) is 245. The van der Waals surface area contributed by atoms with Gasteiger partial charge in [-0.05, 0) is 0 Å². The van der Waals surface area contributed by atoms with Gasteiger partial charge in [0.15, 0.2) is 0 Å². The maximum atomic E-state index is 9.30. The first-order valence-electron chi connectivity index (χ1n) is 12.0. The standard InChI is InChI=1S/8C3H7O.Al.V/c8*1-2-3-4;;/h8*2-3H2,1H3;;/q8*-1;+3;. The van der Waals surface area contributed by atoms with E-state index >= 15 is 0 Å². The van der Waals surface area contributed by atoms with Crippen LogP contribution in [0.1, 0.15) is 107 Å². The molecule has 0 aromatic heterocycles. The summed E-state index contributed by atoms with van der Waals surface area (Å²) in [5, 5.41) is 74.4. The molecule has 0 aliphatic heterocycles. The van der Waals surface area contributed by atoms with Gasteiger partial charge >= 0.3 is 17.4 Å². The molecule has 34 heavy (non-hydrogen) atoms. The van der Waals surface area contributed by atoms with Crippen LogP contribution >= 0.6 is 0 Å². The van der Waals surface area contributed by atoms with Gasteiger partial charge in [0.05, 0.1) is 0 Å². The molecular formula is C24H56AlO8V-5. The van der Waals surface area contributed by atoms with Crippen molar-refractivity contribution in [1.29, 1.82) is 0 Å². The monoisotopic (exact) mass is 550 g/mol. The molecule has 0 rings (SSSR count). The van der Waals surface area contributed by atoms with Gasteiger partial charge in [-0.1, -0.05) is 107 Å². The average Bonchev–Trinajstić information content (AvgIpc) is 2.89. The van der Waals surface area contributed by atoms with Crippen molar-refractivity contribution < 1.29 is 59.4 Å². The van der Waals surface area contributed by atoms with Crippen molar-refractivity contribution in [3.05, 3.63) is 0 Å². The van der Waals surface area contributed by atoms with E-state index in [0.717, 1.165) is 51.4 Å². The van der Waals surface area contributed by atoms with E-state index in [1.165, 1.54) is 0 Å². The van der Waals surface area contributed by atoms with E-state index in [2.05, 4.69) is 0 Å². The third-order valence-electron chi connectivity index (χ3n) is 1.63. The van der Waals surface area contributed by atoms with Crippen molar-refractivity contribution in [3.63, 3.8) is 0 Å². The Hall–Kier alpha value is 0.797. The van der Waals surface area contributed by atoms with Crippen LogP contribution in [0.15, 0.2) is 0 Å². The van der Waals surface area contributed by atoms with Gasteiger partial charge in [0.2, 0.25) is 0 Å². The second-order valence-corrected chi connectivity index (χ2v) is 5.63. The maximum absolute atomic E-state index is 9.30. The van der Waals surface area contributed by atoms with Crippen molar-refractivity contribution in [1.82, 2.24) is 0 Å². The number of hydrogen-bond acceptors (Lipinski definition) is 8. The molecule has 0 aliphatic rings. The van der Waals surface area contributed by atoms with E-state index in [-0.39, 0.29) is 88.8 Å². The average molecular weight is 551 g/mol. The summed E-state index contributed by atoms with van der Waals surface area (Å²) in [5.74, 6) is 0. The summed E-state index contributed by atoms with van der Waals surface area (Å²) >= 11 is 0. The van der Waals surface area contributed by atoms with Crippen LogP contribution in [0, 0.1) is 0 Å². The van der Waals surface area contributed by atoms with Crippen molar-refractivity contribution >= 4 is 17.4 Å². The summed E-state index contributed by atoms with van der Waals surface area (Å²) < 4.78 is 0. The van der Waals surface area contributed by atoms with Crippen molar-refractivity contribution in [2.24, 2.45) is 0 Å². The largest absolute Gasteiger partial charge is 3.00 e. The predicted molar refractivity (Wildman–Crippen MR) is 127 cm³/mol. The number of hydrogen-bond donors (Lipinski definition) is 0. The van der Waals surface area contributed by atoms with Crippen molar-refractivity contribution in [3.8, 4) is 0 Å². The molecule has 0 aromatic rings. The minimum absolute atomic E-state index is 0. The molecule has 0 aromatic carbocycles. The molecule has 0 atom stereocenters. The van der Waals surface area contributed by atoms with Crippen LogP contribution in [0.3, 0.4) is 0 Å². The Morgan fingerprint density at radius 1 is 0.265 bits per heavy atom. The molecule has 0 heterocycles. The summed E-state index contributed by atoms with van der Waals surface area (Å²) in [5.41, 5.74) is 0. The first-order chi connectivity index (χ1) is 15.3. The summed E-state index contributed by atoms with van der Waals surface area (Å²) in [7, 11) is 0. The Labute approximate surface area is 235 Å². The van der Waals surface area contributed by atoms with Gasteiger partial charge in [-0.3, -0.25) is 0 Å². The molecule has 0 aliphatic carbocycles. The molecule has 0 N–H and O–H groups in total. The molecule has 0 fully saturated rings. The van der Waals surface area contributed by atoms with Gasteiger partial charge in [-0.2, -0.15) is 0 Å². The topological polar surface area (TPSA) is 184 Å². The van der Waals surface area contributed by atoms with E-state index in [1.807, 2.05) is 55.4 Å². The minimum Gasteiger partial charge on any atom is -0.854 e. The van der Waals surface area contributed by atoms with Crippen LogP contribution in [0.25, 0.3) is 0 Å². The van der Waals surface area contributed by atoms with Crippen LogP contribution in [-0.2, 0) is 18.6 Å². The van der Waals surface area contributed by atoms with Crippen LogP contribution in [-0.4, -0.2) is 70.2 Å². The van der Waals surface area contributed by atoms with Gasteiger partial charge < -0.3 is 40.9 Å². The molecule has 10 heteroatoms. The Morgan fingerprint density at radius 2 is 0.294 bits per heavy atom. The molecule has 1 radical (unpaired) electrons. The van der Waals surface area contributed by atoms with Gasteiger partial charge in [0.25, 0.3) is 0 Å². The third kappa shape index (κ3) is 428. The summed E-state index contributed by atoms with van der Waals surface area (Å²) in [6.45, 7) is 15.5. The normalized spacial score (nSPS) is 7.06. The second kappa shape index (κ2) is 129. The third-order valence-corrected chi connectivity index (χ3v) is 1.63. The molecular weight excluding hydrogens is 494 g/mol. The van der Waals surface area contributed by atoms with Gasteiger partial charge in [-0.25, -0.2) is 0 Å². The zero-order valence-electron chi connectivity index (χ0n) is 23.6. The van der Waals surface area contributed by atoms with Gasteiger partial charge in [-0.15, -0.1) is 52.9 Å². The molecule has 213 valence electrons. The molecule has 0 unspecified atom stereocenters. The Morgan fingerprint density at radius 3 is 0.294 bits per heavy atom. The van der Waals surface area contributed by atoms with Gasteiger partial charge in [0.1, 0.15) is 0 Å². The summed E-state index contributed by atoms with van der Waals surface area (Å²) in [4.78, 5) is 0. The summed E-state index contributed by atoms with van der Waals surface area (Å²) in [6.07, 6.45) is 6.11. The predicted octanol–water partition coefficient (Wildman–Crippen LogP) is -2.33. The fraction of sp³-hybridized carbons (Fsp3) is 1.00. The SMILES string of the molecule is CCC[O-].CCC[O-].CCC[O-].CCC[O-].CCC[O-].CCC[O-].CCC[O-].CCC[O-].[Al+3].[V]. The van der Waals surface area contributed by atoms with E-state index in [9.17, 15) is 40.9 Å². The maximum Gasteiger partial charge on any atom is 3.00 e. The van der Waals surface area contributed by atoms with Crippen LogP contribution in [0.2, 0.25) is 0 Å². The van der Waals surface area contributed by atoms with Crippen LogP contribution < -0.4 is 40.9 Å². The van der Waals surface area contributed by atoms with Crippen LogP contribution in [0.4, 0.5) is 0 Å². The van der Waals surface area contributed by atoms with E-state index < -0.39 is 0 Å².